The van der Waals surface area contributed by atoms with Gasteiger partial charge in [-0.25, -0.2) is 8.42 Å². The van der Waals surface area contributed by atoms with Crippen molar-refractivity contribution in [3.05, 3.63) is 65.7 Å². The van der Waals surface area contributed by atoms with Crippen molar-refractivity contribution >= 4 is 16.1 Å². The number of rotatable bonds is 6. The van der Waals surface area contributed by atoms with Gasteiger partial charge < -0.3 is 9.84 Å². The van der Waals surface area contributed by atoms with Gasteiger partial charge in [0.15, 0.2) is 0 Å². The average Bonchev–Trinajstić information content (AvgIpc) is 2.79. The second-order valence-corrected chi connectivity index (χ2v) is 10.4. The summed E-state index contributed by atoms with van der Waals surface area (Å²) in [4.78, 5) is 2.58. The highest BCUT2D eigenvalue weighted by molar-refractivity contribution is 7.89. The average molecular weight is 457 g/mol. The Hall–Kier alpha value is -2.19. The van der Waals surface area contributed by atoms with E-state index in [-0.39, 0.29) is 29.5 Å². The van der Waals surface area contributed by atoms with Crippen molar-refractivity contribution < 1.29 is 18.3 Å². The van der Waals surface area contributed by atoms with Crippen molar-refractivity contribution in [3.8, 4) is 5.75 Å². The monoisotopic (exact) mass is 456 g/mol. The van der Waals surface area contributed by atoms with Gasteiger partial charge in [0.05, 0.1) is 18.6 Å². The number of hydrogen-bond acceptors (Lipinski definition) is 5. The fourth-order valence-electron chi connectivity index (χ4n) is 5.05. The first-order valence-electron chi connectivity index (χ1n) is 11.2. The van der Waals surface area contributed by atoms with Crippen LogP contribution >= 0.6 is 0 Å². The molecule has 0 bridgehead atoms. The van der Waals surface area contributed by atoms with Crippen LogP contribution in [0.1, 0.15) is 36.8 Å². The number of ether oxygens (including phenoxy) is 1. The molecule has 4 rings (SSSR count). The van der Waals surface area contributed by atoms with E-state index in [0.717, 1.165) is 30.5 Å². The quantitative estimate of drug-likeness (QED) is 0.722. The lowest BCUT2D eigenvalue weighted by molar-refractivity contribution is -0.0553. The SMILES string of the molecule is C/C=C/c1ccc([C@H]2[C@@H](CO)N3CCCCN(S(=O)(=O)c4ccc(OC)cc4)C[C@H]23)cc1. The van der Waals surface area contributed by atoms with Crippen LogP contribution in [-0.2, 0) is 10.0 Å². The topological polar surface area (TPSA) is 70.1 Å². The molecule has 172 valence electrons. The first-order valence-corrected chi connectivity index (χ1v) is 12.7. The minimum atomic E-state index is -3.61. The summed E-state index contributed by atoms with van der Waals surface area (Å²) in [5.74, 6) is 0.736. The molecular weight excluding hydrogens is 424 g/mol. The van der Waals surface area contributed by atoms with Crippen LogP contribution in [0.25, 0.3) is 6.08 Å². The van der Waals surface area contributed by atoms with Crippen molar-refractivity contribution in [1.29, 1.82) is 0 Å². The molecule has 0 unspecified atom stereocenters. The Morgan fingerprint density at radius 3 is 2.38 bits per heavy atom. The van der Waals surface area contributed by atoms with E-state index in [1.165, 1.54) is 0 Å². The van der Waals surface area contributed by atoms with Gasteiger partial charge in [-0.1, -0.05) is 36.4 Å². The largest absolute Gasteiger partial charge is 0.497 e. The summed E-state index contributed by atoms with van der Waals surface area (Å²) in [6.45, 7) is 3.88. The number of benzene rings is 2. The number of methoxy groups -OCH3 is 1. The predicted octanol–water partition coefficient (Wildman–Crippen LogP) is 3.34. The van der Waals surface area contributed by atoms with E-state index < -0.39 is 10.0 Å². The van der Waals surface area contributed by atoms with E-state index in [0.29, 0.717) is 18.8 Å². The van der Waals surface area contributed by atoms with Crippen molar-refractivity contribution in [2.75, 3.05) is 33.4 Å². The number of fused-ring (bicyclic) bond motifs is 1. The highest BCUT2D eigenvalue weighted by Gasteiger charge is 2.50. The van der Waals surface area contributed by atoms with Gasteiger partial charge in [0.1, 0.15) is 5.75 Å². The lowest BCUT2D eigenvalue weighted by atomic mass is 9.74. The third kappa shape index (κ3) is 4.35. The van der Waals surface area contributed by atoms with Crippen LogP contribution in [0.15, 0.2) is 59.5 Å². The molecule has 2 heterocycles. The standard InChI is InChI=1S/C25H32N2O4S/c1-3-6-19-7-9-20(10-8-19)25-23-17-26(15-4-5-16-27(23)24(25)18-28)32(29,30)22-13-11-21(31-2)12-14-22/h3,6-14,23-25,28H,4-5,15-18H2,1-2H3/b6-3+/t23-,24-,25-/m1/s1. The third-order valence-electron chi connectivity index (χ3n) is 6.71. The number of nitrogens with zero attached hydrogens (tertiary/aromatic N) is 2. The molecule has 2 aromatic rings. The minimum Gasteiger partial charge on any atom is -0.497 e. The van der Waals surface area contributed by atoms with Crippen molar-refractivity contribution in [2.45, 2.75) is 42.7 Å². The first-order chi connectivity index (χ1) is 15.5. The van der Waals surface area contributed by atoms with Gasteiger partial charge in [-0.05, 0) is 61.7 Å². The summed E-state index contributed by atoms with van der Waals surface area (Å²) in [6, 6.07) is 15.1. The van der Waals surface area contributed by atoms with Gasteiger partial charge in [-0.15, -0.1) is 0 Å². The smallest absolute Gasteiger partial charge is 0.243 e. The molecule has 0 saturated carbocycles. The van der Waals surface area contributed by atoms with Gasteiger partial charge >= 0.3 is 0 Å². The van der Waals surface area contributed by atoms with Crippen molar-refractivity contribution in [2.24, 2.45) is 0 Å². The van der Waals surface area contributed by atoms with Gasteiger partial charge in [-0.3, -0.25) is 4.90 Å². The summed E-state index contributed by atoms with van der Waals surface area (Å²) in [7, 11) is -2.05. The van der Waals surface area contributed by atoms with Crippen molar-refractivity contribution in [3.63, 3.8) is 0 Å². The number of aliphatic hydroxyl groups excluding tert-OH is 1. The van der Waals surface area contributed by atoms with Crippen LogP contribution in [0.4, 0.5) is 0 Å². The summed E-state index contributed by atoms with van der Waals surface area (Å²) >= 11 is 0. The zero-order valence-electron chi connectivity index (χ0n) is 18.7. The maximum absolute atomic E-state index is 13.4. The Bertz CT molecular complexity index is 1030. The molecule has 7 heteroatoms. The Morgan fingerprint density at radius 2 is 1.75 bits per heavy atom. The molecule has 0 aliphatic carbocycles. The molecule has 2 fully saturated rings. The van der Waals surface area contributed by atoms with Crippen LogP contribution in [0.5, 0.6) is 5.75 Å². The number of aliphatic hydroxyl groups is 1. The van der Waals surface area contributed by atoms with Crippen LogP contribution in [-0.4, -0.2) is 68.2 Å². The lowest BCUT2D eigenvalue weighted by Crippen LogP contribution is -2.67. The van der Waals surface area contributed by atoms with Gasteiger partial charge in [0.2, 0.25) is 10.0 Å². The molecule has 2 aliphatic rings. The Balaban J connectivity index is 1.61. The van der Waals surface area contributed by atoms with Crippen LogP contribution in [0.2, 0.25) is 0 Å². The van der Waals surface area contributed by atoms with E-state index in [9.17, 15) is 13.5 Å². The van der Waals surface area contributed by atoms with Crippen LogP contribution < -0.4 is 4.74 Å². The molecule has 2 saturated heterocycles. The molecule has 0 spiro atoms. The van der Waals surface area contributed by atoms with Crippen LogP contribution in [0, 0.1) is 0 Å². The highest BCUT2D eigenvalue weighted by Crippen LogP contribution is 2.42. The molecule has 0 aromatic heterocycles. The molecular formula is C25H32N2O4S. The third-order valence-corrected chi connectivity index (χ3v) is 8.59. The molecule has 2 aromatic carbocycles. The normalized spacial score (nSPS) is 25.0. The maximum atomic E-state index is 13.4. The fourth-order valence-corrected chi connectivity index (χ4v) is 6.54. The molecule has 1 N–H and O–H groups in total. The zero-order valence-corrected chi connectivity index (χ0v) is 19.5. The maximum Gasteiger partial charge on any atom is 0.243 e. The van der Waals surface area contributed by atoms with E-state index in [2.05, 4.69) is 35.2 Å². The summed E-state index contributed by atoms with van der Waals surface area (Å²) in [6.07, 6.45) is 5.78. The minimum absolute atomic E-state index is 0.0243. The second kappa shape index (κ2) is 9.75. The van der Waals surface area contributed by atoms with Gasteiger partial charge in [-0.2, -0.15) is 4.31 Å². The molecule has 2 aliphatic heterocycles. The Kier molecular flexibility index (Phi) is 7.00. The molecule has 0 amide bonds. The number of allylic oxidation sites excluding steroid dienone is 1. The highest BCUT2D eigenvalue weighted by atomic mass is 32.2. The summed E-state index contributed by atoms with van der Waals surface area (Å²) < 4.78 is 33.7. The van der Waals surface area contributed by atoms with Gasteiger partial charge in [0, 0.05) is 31.1 Å². The van der Waals surface area contributed by atoms with E-state index >= 15 is 0 Å². The number of sulfonamides is 1. The van der Waals surface area contributed by atoms with E-state index in [4.69, 9.17) is 4.74 Å². The van der Waals surface area contributed by atoms with Gasteiger partial charge in [0.25, 0.3) is 0 Å². The van der Waals surface area contributed by atoms with Crippen molar-refractivity contribution in [1.82, 2.24) is 9.21 Å². The molecule has 6 nitrogen and oxygen atoms in total. The fraction of sp³-hybridized carbons (Fsp3) is 0.440. The molecule has 3 atom stereocenters. The molecule has 32 heavy (non-hydrogen) atoms. The first kappa shape index (κ1) is 23.0. The predicted molar refractivity (Wildman–Crippen MR) is 126 cm³/mol. The summed E-state index contributed by atoms with van der Waals surface area (Å²) in [5.41, 5.74) is 2.29. The second-order valence-electron chi connectivity index (χ2n) is 8.49. The Morgan fingerprint density at radius 1 is 1.06 bits per heavy atom. The zero-order chi connectivity index (χ0) is 22.7. The van der Waals surface area contributed by atoms with E-state index in [1.54, 1.807) is 35.7 Å². The summed E-state index contributed by atoms with van der Waals surface area (Å²) in [5, 5.41) is 10.1. The van der Waals surface area contributed by atoms with Crippen LogP contribution in [0.3, 0.4) is 0 Å². The molecule has 0 radical (unpaired) electrons. The Labute approximate surface area is 191 Å². The van der Waals surface area contributed by atoms with E-state index in [1.807, 2.05) is 13.0 Å². The number of hydrogen-bond donors (Lipinski definition) is 1. The lowest BCUT2D eigenvalue weighted by Gasteiger charge is -2.57.